The number of aliphatic imine (C=N–C) groups is 1. The molecule has 1 aromatic heterocycles. The van der Waals surface area contributed by atoms with E-state index in [4.69, 9.17) is 14.5 Å². The number of nitrogens with zero attached hydrogens (tertiary/aromatic N) is 2. The molecular formula is C25H24N2O2. The normalized spacial score (nSPS) is 15.1. The molecule has 0 fully saturated rings. The molecular weight excluding hydrogens is 360 g/mol. The Morgan fingerprint density at radius 2 is 1.72 bits per heavy atom. The third-order valence-electron chi connectivity index (χ3n) is 5.08. The summed E-state index contributed by atoms with van der Waals surface area (Å²) in [6, 6.07) is 18.2. The largest absolute Gasteiger partial charge is 0.496 e. The number of aromatic nitrogens is 1. The topological polar surface area (TPSA) is 43.7 Å². The Balaban J connectivity index is 1.85. The molecule has 3 aromatic rings. The summed E-state index contributed by atoms with van der Waals surface area (Å²) in [6.45, 7) is 0.844. The van der Waals surface area contributed by atoms with Gasteiger partial charge in [0.15, 0.2) is 0 Å². The minimum atomic E-state index is 0.792. The zero-order chi connectivity index (χ0) is 20.1. The van der Waals surface area contributed by atoms with Crippen LogP contribution >= 0.6 is 0 Å². The average molecular weight is 384 g/mol. The molecule has 0 saturated heterocycles. The highest BCUT2D eigenvalue weighted by atomic mass is 16.5. The van der Waals surface area contributed by atoms with Crippen LogP contribution in [0.2, 0.25) is 0 Å². The van der Waals surface area contributed by atoms with E-state index in [0.29, 0.717) is 0 Å². The molecule has 0 bridgehead atoms. The first-order valence-corrected chi connectivity index (χ1v) is 9.78. The van der Waals surface area contributed by atoms with Crippen LogP contribution in [0.1, 0.15) is 24.0 Å². The lowest BCUT2D eigenvalue weighted by atomic mass is 9.93. The van der Waals surface area contributed by atoms with Crippen LogP contribution in [0.25, 0.3) is 17.2 Å². The number of pyridine rings is 1. The molecule has 4 heteroatoms. The summed E-state index contributed by atoms with van der Waals surface area (Å²) >= 11 is 0. The van der Waals surface area contributed by atoms with Gasteiger partial charge in [0.05, 0.1) is 25.5 Å². The number of rotatable bonds is 5. The lowest BCUT2D eigenvalue weighted by Crippen LogP contribution is -2.12. The van der Waals surface area contributed by atoms with Crippen molar-refractivity contribution >= 4 is 11.8 Å². The van der Waals surface area contributed by atoms with Crippen LogP contribution in [0, 0.1) is 0 Å². The van der Waals surface area contributed by atoms with Crippen molar-refractivity contribution in [3.05, 3.63) is 83.7 Å². The van der Waals surface area contributed by atoms with E-state index < -0.39 is 0 Å². The molecule has 0 N–H and O–H groups in total. The Bertz CT molecular complexity index is 1040. The van der Waals surface area contributed by atoms with Gasteiger partial charge in [0.1, 0.15) is 11.5 Å². The number of hydrogen-bond acceptors (Lipinski definition) is 4. The van der Waals surface area contributed by atoms with Crippen LogP contribution in [0.15, 0.2) is 77.6 Å². The predicted octanol–water partition coefficient (Wildman–Crippen LogP) is 5.43. The molecule has 0 unspecified atom stereocenters. The summed E-state index contributed by atoms with van der Waals surface area (Å²) in [5.41, 5.74) is 6.30. The maximum atomic E-state index is 5.88. The third-order valence-corrected chi connectivity index (χ3v) is 5.08. The Morgan fingerprint density at radius 3 is 2.45 bits per heavy atom. The summed E-state index contributed by atoms with van der Waals surface area (Å²) < 4.78 is 11.5. The van der Waals surface area contributed by atoms with Crippen molar-refractivity contribution in [2.45, 2.75) is 12.8 Å². The smallest absolute Gasteiger partial charge is 0.137 e. The second-order valence-corrected chi connectivity index (χ2v) is 6.88. The minimum Gasteiger partial charge on any atom is -0.496 e. The molecule has 2 heterocycles. The van der Waals surface area contributed by atoms with Gasteiger partial charge in [-0.15, -0.1) is 0 Å². The SMILES string of the molecule is COc1ccc(/C=C2/CCCN=C2c2cccnc2)c(OC)c1-c1ccccc1. The Kier molecular flexibility index (Phi) is 5.71. The molecule has 0 radical (unpaired) electrons. The van der Waals surface area contributed by atoms with E-state index in [1.54, 1.807) is 20.4 Å². The molecule has 0 spiro atoms. The average Bonchev–Trinajstić information content (AvgIpc) is 2.80. The highest BCUT2D eigenvalue weighted by Gasteiger charge is 2.19. The van der Waals surface area contributed by atoms with Gasteiger partial charge in [0.2, 0.25) is 0 Å². The van der Waals surface area contributed by atoms with Gasteiger partial charge in [-0.1, -0.05) is 30.3 Å². The molecule has 4 rings (SSSR count). The van der Waals surface area contributed by atoms with Gasteiger partial charge in [0, 0.05) is 30.1 Å². The van der Waals surface area contributed by atoms with E-state index in [0.717, 1.165) is 58.9 Å². The van der Waals surface area contributed by atoms with Gasteiger partial charge >= 0.3 is 0 Å². The van der Waals surface area contributed by atoms with Crippen LogP contribution in [-0.2, 0) is 0 Å². The van der Waals surface area contributed by atoms with Gasteiger partial charge in [-0.05, 0) is 54.3 Å². The zero-order valence-corrected chi connectivity index (χ0v) is 16.8. The molecule has 0 aliphatic carbocycles. The molecule has 0 saturated carbocycles. The maximum Gasteiger partial charge on any atom is 0.137 e. The summed E-state index contributed by atoms with van der Waals surface area (Å²) in [4.78, 5) is 9.05. The van der Waals surface area contributed by atoms with E-state index in [1.807, 2.05) is 42.6 Å². The number of benzene rings is 2. The molecule has 0 amide bonds. The maximum absolute atomic E-state index is 5.88. The van der Waals surface area contributed by atoms with Gasteiger partial charge in [-0.3, -0.25) is 9.98 Å². The van der Waals surface area contributed by atoms with Crippen LogP contribution in [0.4, 0.5) is 0 Å². The first kappa shape index (κ1) is 18.9. The lowest BCUT2D eigenvalue weighted by molar-refractivity contribution is 0.397. The fourth-order valence-electron chi connectivity index (χ4n) is 3.75. The van der Waals surface area contributed by atoms with E-state index in [-0.39, 0.29) is 0 Å². The molecule has 146 valence electrons. The van der Waals surface area contributed by atoms with Crippen LogP contribution in [0.3, 0.4) is 0 Å². The quantitative estimate of drug-likeness (QED) is 0.589. The Hall–Kier alpha value is -3.40. The number of allylic oxidation sites excluding steroid dienone is 1. The molecule has 2 aromatic carbocycles. The number of hydrogen-bond donors (Lipinski definition) is 0. The van der Waals surface area contributed by atoms with Gasteiger partial charge in [-0.2, -0.15) is 0 Å². The van der Waals surface area contributed by atoms with Crippen molar-refractivity contribution in [2.75, 3.05) is 20.8 Å². The van der Waals surface area contributed by atoms with Gasteiger partial charge in [-0.25, -0.2) is 0 Å². The predicted molar refractivity (Wildman–Crippen MR) is 118 cm³/mol. The summed E-state index contributed by atoms with van der Waals surface area (Å²) in [5.74, 6) is 1.60. The van der Waals surface area contributed by atoms with Crippen molar-refractivity contribution in [3.8, 4) is 22.6 Å². The fourth-order valence-corrected chi connectivity index (χ4v) is 3.75. The second-order valence-electron chi connectivity index (χ2n) is 6.88. The highest BCUT2D eigenvalue weighted by molar-refractivity contribution is 6.15. The molecule has 29 heavy (non-hydrogen) atoms. The van der Waals surface area contributed by atoms with E-state index in [9.17, 15) is 0 Å². The molecule has 1 aliphatic heterocycles. The van der Waals surface area contributed by atoms with Crippen molar-refractivity contribution < 1.29 is 9.47 Å². The Labute approximate surface area is 171 Å². The number of ether oxygens (including phenoxy) is 2. The van der Waals surface area contributed by atoms with Gasteiger partial charge in [0.25, 0.3) is 0 Å². The van der Waals surface area contributed by atoms with E-state index in [2.05, 4.69) is 29.3 Å². The number of methoxy groups -OCH3 is 2. The third kappa shape index (κ3) is 3.92. The summed E-state index contributed by atoms with van der Waals surface area (Å²) in [5, 5.41) is 0. The standard InChI is InChI=1S/C25H24N2O2/c1-28-22-13-12-20(25(29-2)23(22)18-8-4-3-5-9-18)16-19-10-7-15-27-24(19)21-11-6-14-26-17-21/h3-6,8-9,11-14,16-17H,7,10,15H2,1-2H3/b19-16-. The minimum absolute atomic E-state index is 0.792. The van der Waals surface area contributed by atoms with Crippen LogP contribution in [-0.4, -0.2) is 31.5 Å². The first-order chi connectivity index (χ1) is 14.3. The monoisotopic (exact) mass is 384 g/mol. The van der Waals surface area contributed by atoms with Crippen molar-refractivity contribution in [3.63, 3.8) is 0 Å². The molecule has 0 atom stereocenters. The van der Waals surface area contributed by atoms with Crippen molar-refractivity contribution in [1.29, 1.82) is 0 Å². The second kappa shape index (κ2) is 8.74. The summed E-state index contributed by atoms with van der Waals surface area (Å²) in [7, 11) is 3.40. The zero-order valence-electron chi connectivity index (χ0n) is 16.8. The molecule has 1 aliphatic rings. The van der Waals surface area contributed by atoms with Crippen molar-refractivity contribution in [1.82, 2.24) is 4.98 Å². The Morgan fingerprint density at radius 1 is 0.897 bits per heavy atom. The van der Waals surface area contributed by atoms with Crippen LogP contribution in [0.5, 0.6) is 11.5 Å². The highest BCUT2D eigenvalue weighted by Crippen LogP contribution is 2.42. The molecule has 4 nitrogen and oxygen atoms in total. The van der Waals surface area contributed by atoms with E-state index >= 15 is 0 Å². The van der Waals surface area contributed by atoms with Crippen molar-refractivity contribution in [2.24, 2.45) is 4.99 Å². The first-order valence-electron chi connectivity index (χ1n) is 9.78. The lowest BCUT2D eigenvalue weighted by Gasteiger charge is -2.19. The van der Waals surface area contributed by atoms with Crippen LogP contribution < -0.4 is 9.47 Å². The van der Waals surface area contributed by atoms with Gasteiger partial charge < -0.3 is 9.47 Å². The summed E-state index contributed by atoms with van der Waals surface area (Å²) in [6.07, 6.45) is 7.87. The van der Waals surface area contributed by atoms with E-state index in [1.165, 1.54) is 5.57 Å². The fraction of sp³-hybridized carbons (Fsp3) is 0.200.